The number of ketones is 1. The lowest BCUT2D eigenvalue weighted by Crippen LogP contribution is -2.32. The number of halogens is 1. The molecular weight excluding hydrogens is 323 g/mol. The molecule has 0 spiro atoms. The zero-order valence-electron chi connectivity index (χ0n) is 13.6. The minimum Gasteiger partial charge on any atom is -0.386 e. The molecule has 25 heavy (non-hydrogen) atoms. The number of nitrogens with one attached hydrogen (secondary N) is 2. The third-order valence-electron chi connectivity index (χ3n) is 4.24. The summed E-state index contributed by atoms with van der Waals surface area (Å²) < 4.78 is 13.6. The Balaban J connectivity index is 1.59. The van der Waals surface area contributed by atoms with Gasteiger partial charge in [-0.15, -0.1) is 0 Å². The number of hydrogen-bond acceptors (Lipinski definition) is 3. The number of anilines is 1. The maximum absolute atomic E-state index is 13.6. The van der Waals surface area contributed by atoms with E-state index in [-0.39, 0.29) is 17.9 Å². The molecule has 2 amide bonds. The molecule has 0 aromatic heterocycles. The number of hydrogen-bond donors (Lipinski definition) is 3. The molecule has 1 aliphatic rings. The van der Waals surface area contributed by atoms with Gasteiger partial charge in [0, 0.05) is 29.8 Å². The van der Waals surface area contributed by atoms with E-state index in [0.29, 0.717) is 17.7 Å². The highest BCUT2D eigenvalue weighted by molar-refractivity contribution is 6.00. The van der Waals surface area contributed by atoms with Gasteiger partial charge in [-0.25, -0.2) is 9.18 Å². The van der Waals surface area contributed by atoms with E-state index in [9.17, 15) is 19.1 Å². The van der Waals surface area contributed by atoms with Crippen LogP contribution in [0.4, 0.5) is 14.9 Å². The molecule has 130 valence electrons. The summed E-state index contributed by atoms with van der Waals surface area (Å²) in [6, 6.07) is 10.6. The number of benzene rings is 2. The van der Waals surface area contributed by atoms with E-state index >= 15 is 0 Å². The topological polar surface area (TPSA) is 78.4 Å². The van der Waals surface area contributed by atoms with Gasteiger partial charge in [-0.1, -0.05) is 24.3 Å². The summed E-state index contributed by atoms with van der Waals surface area (Å²) in [5.74, 6) is -0.439. The van der Waals surface area contributed by atoms with Crippen LogP contribution >= 0.6 is 0 Å². The Morgan fingerprint density at radius 1 is 1.20 bits per heavy atom. The molecule has 2 aromatic rings. The largest absolute Gasteiger partial charge is 0.386 e. The van der Waals surface area contributed by atoms with Crippen LogP contribution in [0.25, 0.3) is 0 Å². The van der Waals surface area contributed by atoms with E-state index in [2.05, 4.69) is 10.6 Å². The van der Waals surface area contributed by atoms with E-state index in [1.165, 1.54) is 18.2 Å². The smallest absolute Gasteiger partial charge is 0.319 e. The Labute approximate surface area is 144 Å². The number of carbonyl (C=O) groups excluding carboxylic acids is 2. The molecule has 1 atom stereocenters. The Kier molecular flexibility index (Phi) is 5.09. The van der Waals surface area contributed by atoms with Crippen LogP contribution in [0, 0.1) is 5.82 Å². The number of amides is 2. The molecule has 1 unspecified atom stereocenters. The van der Waals surface area contributed by atoms with Crippen LogP contribution < -0.4 is 10.6 Å². The average Bonchev–Trinajstić information content (AvgIpc) is 2.61. The van der Waals surface area contributed by atoms with E-state index in [1.54, 1.807) is 18.2 Å². The second-order valence-electron chi connectivity index (χ2n) is 6.02. The summed E-state index contributed by atoms with van der Waals surface area (Å²) in [5, 5.41) is 15.1. The Morgan fingerprint density at radius 2 is 2.00 bits per heavy atom. The number of carbonyl (C=O) groups is 2. The van der Waals surface area contributed by atoms with Crippen molar-refractivity contribution in [3.63, 3.8) is 0 Å². The molecule has 0 fully saturated rings. The monoisotopic (exact) mass is 342 g/mol. The number of aryl methyl sites for hydroxylation is 1. The fraction of sp³-hybridized carbons (Fsp3) is 0.263. The molecule has 0 saturated carbocycles. The molecule has 0 aliphatic heterocycles. The second kappa shape index (κ2) is 7.44. The molecule has 0 bridgehead atoms. The van der Waals surface area contributed by atoms with Crippen molar-refractivity contribution in [2.45, 2.75) is 25.4 Å². The normalized spacial score (nSPS) is 14.6. The van der Waals surface area contributed by atoms with Crippen LogP contribution in [0.15, 0.2) is 42.5 Å². The fourth-order valence-electron chi connectivity index (χ4n) is 2.93. The number of Topliss-reactive ketones (excluding diaryl/α,β-unsaturated/α-hetero) is 1. The number of fused-ring (bicyclic) bond motifs is 1. The van der Waals surface area contributed by atoms with Crippen LogP contribution in [-0.2, 0) is 6.42 Å². The summed E-state index contributed by atoms with van der Waals surface area (Å²) in [6.07, 6.45) is 1.10. The van der Waals surface area contributed by atoms with Gasteiger partial charge in [0.05, 0.1) is 6.10 Å². The van der Waals surface area contributed by atoms with Crippen molar-refractivity contribution in [3.8, 4) is 0 Å². The van der Waals surface area contributed by atoms with Crippen molar-refractivity contribution < 1.29 is 19.1 Å². The van der Waals surface area contributed by atoms with Gasteiger partial charge in [0.15, 0.2) is 5.78 Å². The van der Waals surface area contributed by atoms with Gasteiger partial charge >= 0.3 is 6.03 Å². The molecule has 5 nitrogen and oxygen atoms in total. The lowest BCUT2D eigenvalue weighted by atomic mass is 9.90. The van der Waals surface area contributed by atoms with Gasteiger partial charge in [0.1, 0.15) is 5.82 Å². The van der Waals surface area contributed by atoms with Gasteiger partial charge in [-0.05, 0) is 36.6 Å². The maximum Gasteiger partial charge on any atom is 0.319 e. The number of aliphatic hydroxyl groups is 1. The van der Waals surface area contributed by atoms with E-state index in [0.717, 1.165) is 18.4 Å². The molecular formula is C19H19FN2O3. The molecule has 2 aromatic carbocycles. The van der Waals surface area contributed by atoms with Gasteiger partial charge < -0.3 is 15.7 Å². The van der Waals surface area contributed by atoms with Crippen LogP contribution in [0.1, 0.15) is 40.4 Å². The van der Waals surface area contributed by atoms with Crippen LogP contribution in [0.3, 0.4) is 0 Å². The first-order valence-electron chi connectivity index (χ1n) is 8.18. The molecule has 6 heteroatoms. The minimum absolute atomic E-state index is 0.0836. The number of aliphatic hydroxyl groups excluding tert-OH is 1. The lowest BCUT2D eigenvalue weighted by Gasteiger charge is -2.17. The maximum atomic E-state index is 13.6. The van der Waals surface area contributed by atoms with Crippen molar-refractivity contribution in [1.29, 1.82) is 0 Å². The van der Waals surface area contributed by atoms with Crippen molar-refractivity contribution >= 4 is 17.5 Å². The Hall–Kier alpha value is -2.73. The van der Waals surface area contributed by atoms with E-state index < -0.39 is 18.0 Å². The van der Waals surface area contributed by atoms with Gasteiger partial charge in [0.2, 0.25) is 0 Å². The summed E-state index contributed by atoms with van der Waals surface area (Å²) in [5.41, 5.74) is 2.28. The van der Waals surface area contributed by atoms with Crippen LogP contribution in [0.5, 0.6) is 0 Å². The Bertz CT molecular complexity index is 807. The van der Waals surface area contributed by atoms with Crippen molar-refractivity contribution in [2.75, 3.05) is 11.9 Å². The van der Waals surface area contributed by atoms with E-state index in [1.807, 2.05) is 6.07 Å². The third-order valence-corrected chi connectivity index (χ3v) is 4.24. The molecule has 0 radical (unpaired) electrons. The van der Waals surface area contributed by atoms with Crippen molar-refractivity contribution in [2.24, 2.45) is 0 Å². The molecule has 0 heterocycles. The fourth-order valence-corrected chi connectivity index (χ4v) is 2.93. The first-order chi connectivity index (χ1) is 12.0. The van der Waals surface area contributed by atoms with Crippen LogP contribution in [0.2, 0.25) is 0 Å². The second-order valence-corrected chi connectivity index (χ2v) is 6.02. The van der Waals surface area contributed by atoms with Crippen LogP contribution in [-0.4, -0.2) is 23.5 Å². The lowest BCUT2D eigenvalue weighted by molar-refractivity contribution is 0.0972. The van der Waals surface area contributed by atoms with E-state index in [4.69, 9.17) is 0 Å². The molecule has 3 rings (SSSR count). The standard InChI is InChI=1S/C19H19FN2O3/c20-16-6-2-1-5-14(16)18(24)11-21-19(25)22-13-9-8-12-4-3-7-17(23)15(12)10-13/h1-2,5-6,8-10,18,24H,3-4,7,11H2,(H2,21,22,25). The predicted octanol–water partition coefficient (Wildman–Crippen LogP) is 3.20. The SMILES string of the molecule is O=C(NCC(O)c1ccccc1F)Nc1ccc2c(c1)C(=O)CCC2. The van der Waals surface area contributed by atoms with Gasteiger partial charge in [-0.3, -0.25) is 4.79 Å². The zero-order chi connectivity index (χ0) is 17.8. The van der Waals surface area contributed by atoms with Crippen molar-refractivity contribution in [3.05, 3.63) is 65.0 Å². The third kappa shape index (κ3) is 4.03. The molecule has 3 N–H and O–H groups in total. The van der Waals surface area contributed by atoms with Crippen molar-refractivity contribution in [1.82, 2.24) is 5.32 Å². The number of rotatable bonds is 4. The summed E-state index contributed by atoms with van der Waals surface area (Å²) >= 11 is 0. The highest BCUT2D eigenvalue weighted by Crippen LogP contribution is 2.24. The number of urea groups is 1. The Morgan fingerprint density at radius 3 is 2.80 bits per heavy atom. The molecule has 1 aliphatic carbocycles. The van der Waals surface area contributed by atoms with Gasteiger partial charge in [0.25, 0.3) is 0 Å². The highest BCUT2D eigenvalue weighted by Gasteiger charge is 2.18. The highest BCUT2D eigenvalue weighted by atomic mass is 19.1. The minimum atomic E-state index is -1.14. The summed E-state index contributed by atoms with van der Waals surface area (Å²) in [4.78, 5) is 23.9. The first kappa shape index (κ1) is 17.1. The quantitative estimate of drug-likeness (QED) is 0.798. The predicted molar refractivity (Wildman–Crippen MR) is 92.1 cm³/mol. The summed E-state index contributed by atoms with van der Waals surface area (Å²) in [6.45, 7) is -0.128. The zero-order valence-corrected chi connectivity index (χ0v) is 13.6. The summed E-state index contributed by atoms with van der Waals surface area (Å²) in [7, 11) is 0. The van der Waals surface area contributed by atoms with Gasteiger partial charge in [-0.2, -0.15) is 0 Å². The first-order valence-corrected chi connectivity index (χ1v) is 8.18. The average molecular weight is 342 g/mol. The molecule has 0 saturated heterocycles.